The number of nitrogens with one attached hydrogen (secondary N) is 1. The number of alkyl halides is 1. The van der Waals surface area contributed by atoms with Gasteiger partial charge in [0.2, 0.25) is 10.0 Å². The van der Waals surface area contributed by atoms with E-state index in [-0.39, 0.29) is 28.4 Å². The topological polar surface area (TPSA) is 70.0 Å². The zero-order valence-corrected chi connectivity index (χ0v) is 11.3. The highest BCUT2D eigenvalue weighted by Gasteiger charge is 2.14. The summed E-state index contributed by atoms with van der Waals surface area (Å²) in [5.41, 5.74) is 0.303. The van der Waals surface area contributed by atoms with Gasteiger partial charge in [-0.2, -0.15) is 5.26 Å². The molecule has 0 unspecified atom stereocenters. The van der Waals surface area contributed by atoms with Crippen LogP contribution in [0.2, 0.25) is 0 Å². The Labute approximate surface area is 110 Å². The van der Waals surface area contributed by atoms with Crippen LogP contribution in [0.4, 0.5) is 10.1 Å². The maximum absolute atomic E-state index is 13.4. The SMILES string of the molecule is Cc1c(F)cc(C#N)cc1NS(=O)(=O)CCCCl. The van der Waals surface area contributed by atoms with Crippen LogP contribution in [0.15, 0.2) is 12.1 Å². The molecule has 1 N–H and O–H groups in total. The smallest absolute Gasteiger partial charge is 0.232 e. The third kappa shape index (κ3) is 3.86. The zero-order chi connectivity index (χ0) is 13.8. The van der Waals surface area contributed by atoms with Gasteiger partial charge in [0, 0.05) is 11.4 Å². The van der Waals surface area contributed by atoms with Crippen molar-refractivity contribution in [1.29, 1.82) is 5.26 Å². The normalized spacial score (nSPS) is 11.0. The molecule has 4 nitrogen and oxygen atoms in total. The molecule has 0 radical (unpaired) electrons. The Bertz CT molecular complexity index is 581. The van der Waals surface area contributed by atoms with Crippen LogP contribution in [0.25, 0.3) is 0 Å². The van der Waals surface area contributed by atoms with Crippen molar-refractivity contribution in [2.24, 2.45) is 0 Å². The molecule has 0 spiro atoms. The van der Waals surface area contributed by atoms with Crippen LogP contribution in [0, 0.1) is 24.1 Å². The highest BCUT2D eigenvalue weighted by molar-refractivity contribution is 7.92. The molecule has 0 aromatic heterocycles. The molecule has 0 saturated carbocycles. The fraction of sp³-hybridized carbons (Fsp3) is 0.364. The lowest BCUT2D eigenvalue weighted by Crippen LogP contribution is -2.18. The van der Waals surface area contributed by atoms with Crippen LogP contribution in [0.1, 0.15) is 17.5 Å². The molecule has 1 rings (SSSR count). The quantitative estimate of drug-likeness (QED) is 0.846. The lowest BCUT2D eigenvalue weighted by atomic mass is 10.1. The third-order valence-corrected chi connectivity index (χ3v) is 3.91. The fourth-order valence-electron chi connectivity index (χ4n) is 1.31. The first kappa shape index (κ1) is 14.7. The molecular formula is C11H12ClFN2O2S. The van der Waals surface area contributed by atoms with Crippen molar-refractivity contribution in [2.75, 3.05) is 16.4 Å². The van der Waals surface area contributed by atoms with Gasteiger partial charge in [0.15, 0.2) is 0 Å². The maximum atomic E-state index is 13.4. The van der Waals surface area contributed by atoms with E-state index in [0.717, 1.165) is 6.07 Å². The van der Waals surface area contributed by atoms with Crippen LogP contribution >= 0.6 is 11.6 Å². The van der Waals surface area contributed by atoms with Crippen molar-refractivity contribution in [3.63, 3.8) is 0 Å². The summed E-state index contributed by atoms with van der Waals surface area (Å²) in [6.45, 7) is 1.44. The second-order valence-electron chi connectivity index (χ2n) is 3.71. The standard InChI is InChI=1S/C11H12ClFN2O2S/c1-8-10(13)5-9(7-14)6-11(8)15-18(16,17)4-2-3-12/h5-6,15H,2-4H2,1H3. The second-order valence-corrected chi connectivity index (χ2v) is 5.93. The number of hydrogen-bond acceptors (Lipinski definition) is 3. The molecule has 0 aliphatic carbocycles. The van der Waals surface area contributed by atoms with E-state index in [0.29, 0.717) is 6.42 Å². The second kappa shape index (κ2) is 6.03. The first-order valence-corrected chi connectivity index (χ1v) is 7.35. The molecule has 0 aliphatic heterocycles. The summed E-state index contributed by atoms with van der Waals surface area (Å²) in [4.78, 5) is 0. The molecule has 0 bridgehead atoms. The number of rotatable bonds is 5. The Morgan fingerprint density at radius 2 is 2.17 bits per heavy atom. The van der Waals surface area contributed by atoms with Gasteiger partial charge in [-0.1, -0.05) is 0 Å². The van der Waals surface area contributed by atoms with Crippen molar-refractivity contribution in [3.8, 4) is 6.07 Å². The number of anilines is 1. The number of sulfonamides is 1. The molecule has 0 atom stereocenters. The first-order valence-electron chi connectivity index (χ1n) is 5.16. The van der Waals surface area contributed by atoms with Crippen LogP contribution in [0.3, 0.4) is 0 Å². The largest absolute Gasteiger partial charge is 0.283 e. The summed E-state index contributed by atoms with van der Waals surface area (Å²) in [6.07, 6.45) is 0.302. The zero-order valence-electron chi connectivity index (χ0n) is 9.70. The molecule has 1 aromatic rings. The van der Waals surface area contributed by atoms with Crippen LogP contribution in [-0.2, 0) is 10.0 Å². The van der Waals surface area contributed by atoms with Crippen molar-refractivity contribution in [2.45, 2.75) is 13.3 Å². The van der Waals surface area contributed by atoms with Crippen molar-refractivity contribution in [3.05, 3.63) is 29.1 Å². The minimum Gasteiger partial charge on any atom is -0.283 e. The van der Waals surface area contributed by atoms with Gasteiger partial charge in [-0.15, -0.1) is 11.6 Å². The number of hydrogen-bond donors (Lipinski definition) is 1. The van der Waals surface area contributed by atoms with Gasteiger partial charge in [-0.3, -0.25) is 4.72 Å². The Morgan fingerprint density at radius 3 is 2.72 bits per heavy atom. The number of benzene rings is 1. The van der Waals surface area contributed by atoms with Gasteiger partial charge in [0.25, 0.3) is 0 Å². The fourth-order valence-corrected chi connectivity index (χ4v) is 2.78. The summed E-state index contributed by atoms with van der Waals surface area (Å²) < 4.78 is 39.0. The van der Waals surface area contributed by atoms with E-state index in [1.807, 2.05) is 0 Å². The highest BCUT2D eigenvalue weighted by atomic mass is 35.5. The van der Waals surface area contributed by atoms with E-state index in [4.69, 9.17) is 16.9 Å². The minimum atomic E-state index is -3.57. The molecule has 0 saturated heterocycles. The van der Waals surface area contributed by atoms with Gasteiger partial charge in [0.05, 0.1) is 23.1 Å². The minimum absolute atomic E-state index is 0.0631. The highest BCUT2D eigenvalue weighted by Crippen LogP contribution is 2.21. The number of halogens is 2. The Hall–Kier alpha value is -1.32. The molecule has 0 amide bonds. The molecule has 18 heavy (non-hydrogen) atoms. The number of nitriles is 1. The van der Waals surface area contributed by atoms with E-state index >= 15 is 0 Å². The molecule has 7 heteroatoms. The number of nitrogens with zero attached hydrogens (tertiary/aromatic N) is 1. The maximum Gasteiger partial charge on any atom is 0.232 e. The van der Waals surface area contributed by atoms with Gasteiger partial charge in [0.1, 0.15) is 5.82 Å². The van der Waals surface area contributed by atoms with Crippen molar-refractivity contribution >= 4 is 27.3 Å². The van der Waals surface area contributed by atoms with Gasteiger partial charge < -0.3 is 0 Å². The molecule has 0 aliphatic rings. The van der Waals surface area contributed by atoms with E-state index in [9.17, 15) is 12.8 Å². The lowest BCUT2D eigenvalue weighted by molar-refractivity contribution is 0.599. The van der Waals surface area contributed by atoms with E-state index < -0.39 is 15.8 Å². The summed E-state index contributed by atoms with van der Waals surface area (Å²) >= 11 is 5.42. The Morgan fingerprint density at radius 1 is 1.50 bits per heavy atom. The van der Waals surface area contributed by atoms with Crippen LogP contribution in [-0.4, -0.2) is 20.1 Å². The first-order chi connectivity index (χ1) is 8.39. The lowest BCUT2D eigenvalue weighted by Gasteiger charge is -2.11. The molecular weight excluding hydrogens is 279 g/mol. The van der Waals surface area contributed by atoms with Crippen molar-refractivity contribution < 1.29 is 12.8 Å². The molecule has 98 valence electrons. The summed E-state index contributed by atoms with van der Waals surface area (Å²) in [7, 11) is -3.57. The molecule has 1 aromatic carbocycles. The Kier molecular flexibility index (Phi) is 4.93. The average molecular weight is 291 g/mol. The summed E-state index contributed by atoms with van der Waals surface area (Å²) in [5.74, 6) is -0.537. The van der Waals surface area contributed by atoms with Gasteiger partial charge >= 0.3 is 0 Å². The van der Waals surface area contributed by atoms with Crippen molar-refractivity contribution in [1.82, 2.24) is 0 Å². The molecule has 0 heterocycles. The third-order valence-electron chi connectivity index (χ3n) is 2.29. The van der Waals surface area contributed by atoms with Crippen LogP contribution in [0.5, 0.6) is 0 Å². The van der Waals surface area contributed by atoms with Gasteiger partial charge in [-0.25, -0.2) is 12.8 Å². The van der Waals surface area contributed by atoms with Crippen LogP contribution < -0.4 is 4.72 Å². The van der Waals surface area contributed by atoms with E-state index in [1.54, 1.807) is 6.07 Å². The summed E-state index contributed by atoms with van der Waals surface area (Å²) in [5, 5.41) is 8.71. The van der Waals surface area contributed by atoms with E-state index in [1.165, 1.54) is 13.0 Å². The van der Waals surface area contributed by atoms with E-state index in [2.05, 4.69) is 4.72 Å². The monoisotopic (exact) mass is 290 g/mol. The predicted octanol–water partition coefficient (Wildman–Crippen LogP) is 2.38. The molecule has 0 fully saturated rings. The summed E-state index contributed by atoms with van der Waals surface area (Å²) in [6, 6.07) is 4.13. The van der Waals surface area contributed by atoms with Gasteiger partial charge in [-0.05, 0) is 25.5 Å². The predicted molar refractivity (Wildman–Crippen MR) is 68.6 cm³/mol. The average Bonchev–Trinajstić information content (AvgIpc) is 2.32. The Balaban J connectivity index is 3.05.